The third-order valence-corrected chi connectivity index (χ3v) is 6.86. The molecule has 1 unspecified atom stereocenters. The van der Waals surface area contributed by atoms with Crippen molar-refractivity contribution < 1.29 is 34.8 Å². The molecule has 1 aliphatic rings. The Morgan fingerprint density at radius 2 is 1.69 bits per heavy atom. The zero-order valence-corrected chi connectivity index (χ0v) is 23.1. The number of fused-ring (bicyclic) bond motifs is 1. The summed E-state index contributed by atoms with van der Waals surface area (Å²) in [6, 6.07) is 19.6. The molecule has 0 bridgehead atoms. The first-order valence-electron chi connectivity index (χ1n) is 13.5. The Kier molecular flexibility index (Phi) is 13.5. The van der Waals surface area contributed by atoms with E-state index in [1.54, 1.807) is 0 Å². The van der Waals surface area contributed by atoms with Crippen LogP contribution >= 0.6 is 0 Å². The number of carbonyl (C=O) groups excluding carboxylic acids is 2. The van der Waals surface area contributed by atoms with Gasteiger partial charge in [0.1, 0.15) is 12.7 Å². The third-order valence-electron chi connectivity index (χ3n) is 6.86. The first-order chi connectivity index (χ1) is 19.6. The van der Waals surface area contributed by atoms with Gasteiger partial charge in [0.2, 0.25) is 0 Å². The van der Waals surface area contributed by atoms with Crippen LogP contribution in [0.1, 0.15) is 37.9 Å². The second-order valence-corrected chi connectivity index (χ2v) is 10.2. The molecule has 4 rings (SSSR count). The summed E-state index contributed by atoms with van der Waals surface area (Å²) in [7, 11) is 0. The number of carbonyl (C=O) groups is 3. The van der Waals surface area contributed by atoms with E-state index >= 15 is 0 Å². The molecule has 2 amide bonds. The Morgan fingerprint density at radius 3 is 2.33 bits per heavy atom. The summed E-state index contributed by atoms with van der Waals surface area (Å²) >= 11 is 0. The molecule has 42 heavy (non-hydrogen) atoms. The van der Waals surface area contributed by atoms with Crippen LogP contribution in [0.15, 0.2) is 60.7 Å². The maximum Gasteiger partial charge on any atom is 0.319 e. The van der Waals surface area contributed by atoms with Crippen molar-refractivity contribution in [2.24, 2.45) is 0 Å². The number of Topliss-reactive ketones (excluding diaryl/α,β-unsaturated/α-hetero) is 1. The molecule has 1 aliphatic heterocycles. The van der Waals surface area contributed by atoms with Crippen LogP contribution in [0.3, 0.4) is 0 Å². The number of ketones is 1. The van der Waals surface area contributed by atoms with Gasteiger partial charge >= 0.3 is 12.0 Å². The molecule has 2 aromatic carbocycles. The van der Waals surface area contributed by atoms with Gasteiger partial charge in [-0.25, -0.2) is 4.79 Å². The fourth-order valence-electron chi connectivity index (χ4n) is 4.64. The predicted molar refractivity (Wildman–Crippen MR) is 161 cm³/mol. The molecule has 228 valence electrons. The van der Waals surface area contributed by atoms with Gasteiger partial charge in [-0.05, 0) is 37.5 Å². The van der Waals surface area contributed by atoms with Crippen molar-refractivity contribution in [3.05, 3.63) is 71.9 Å². The number of hydrogen-bond donors (Lipinski definition) is 6. The number of nitrogens with one attached hydrogen (secondary N) is 2. The van der Waals surface area contributed by atoms with Gasteiger partial charge in [0.25, 0.3) is 0 Å². The molecule has 2 heterocycles. The molecule has 6 N–H and O–H groups in total. The van der Waals surface area contributed by atoms with E-state index in [2.05, 4.69) is 32.7 Å². The van der Waals surface area contributed by atoms with Gasteiger partial charge in [0.05, 0.1) is 23.2 Å². The number of aliphatic hydroxyl groups is 3. The maximum absolute atomic E-state index is 12.4. The first-order valence-corrected chi connectivity index (χ1v) is 13.5. The van der Waals surface area contributed by atoms with Crippen LogP contribution in [0.25, 0.3) is 10.9 Å². The number of pyridine rings is 1. The standard InChI is InChI=1S/C25H30N4O2.C5H8O5.CH4/c1-19-17-23(21-9-5-6-10-22(21)27-19)28-24(30)26-13-16-29-14-11-25(31,12-15-29)18-20-7-3-2-4-8-20;6-2-4(8)3(7)1-5(9)10;/h2-10,17,31H,11-16,18H2,1H3,(H2,26,27,28,30);3,6-7H,1-2H2,(H,9,10);1H4. The van der Waals surface area contributed by atoms with Gasteiger partial charge in [-0.2, -0.15) is 0 Å². The number of carboxylic acids is 1. The molecule has 1 aromatic heterocycles. The summed E-state index contributed by atoms with van der Waals surface area (Å²) in [5, 5.41) is 42.5. The Morgan fingerprint density at radius 1 is 1.05 bits per heavy atom. The largest absolute Gasteiger partial charge is 0.481 e. The highest BCUT2D eigenvalue weighted by atomic mass is 16.4. The van der Waals surface area contributed by atoms with E-state index in [0.29, 0.717) is 13.0 Å². The number of benzene rings is 2. The van der Waals surface area contributed by atoms with Crippen LogP contribution in [0.4, 0.5) is 10.5 Å². The molecule has 1 saturated heterocycles. The molecule has 3 aromatic rings. The SMILES string of the molecule is C.Cc1cc(NC(=O)NCCN2CCC(O)(Cc3ccccc3)CC2)c2ccccc2n1.O=C(O)CC(O)C(=O)CO. The number of hydrogen-bond acceptors (Lipinski definition) is 8. The first kappa shape index (κ1) is 34.3. The predicted octanol–water partition coefficient (Wildman–Crippen LogP) is 2.75. The summed E-state index contributed by atoms with van der Waals surface area (Å²) in [4.78, 5) is 39.3. The van der Waals surface area contributed by atoms with Crippen molar-refractivity contribution in [2.75, 3.05) is 38.1 Å². The van der Waals surface area contributed by atoms with Crippen LogP contribution in [0.5, 0.6) is 0 Å². The van der Waals surface area contributed by atoms with Crippen LogP contribution in [0.2, 0.25) is 0 Å². The molecule has 1 atom stereocenters. The number of aliphatic hydroxyl groups excluding tert-OH is 2. The van der Waals surface area contributed by atoms with Gasteiger partial charge in [-0.1, -0.05) is 56.0 Å². The number of urea groups is 1. The highest BCUT2D eigenvalue weighted by molar-refractivity contribution is 6.00. The number of para-hydroxylation sites is 1. The Labute approximate surface area is 246 Å². The number of aromatic nitrogens is 1. The highest BCUT2D eigenvalue weighted by Crippen LogP contribution is 2.26. The summed E-state index contributed by atoms with van der Waals surface area (Å²) in [6.45, 7) is 4.09. The van der Waals surface area contributed by atoms with E-state index in [-0.39, 0.29) is 13.5 Å². The van der Waals surface area contributed by atoms with Crippen LogP contribution < -0.4 is 10.6 Å². The summed E-state index contributed by atoms with van der Waals surface area (Å²) in [6.07, 6.45) is -0.0455. The fraction of sp³-hybridized carbons (Fsp3) is 0.419. The maximum atomic E-state index is 12.4. The smallest absolute Gasteiger partial charge is 0.319 e. The number of anilines is 1. The molecule has 0 radical (unpaired) electrons. The van der Waals surface area contributed by atoms with Crippen molar-refractivity contribution >= 4 is 34.4 Å². The molecule has 0 aliphatic carbocycles. The lowest BCUT2D eigenvalue weighted by Crippen LogP contribution is -2.47. The number of amides is 2. The van der Waals surface area contributed by atoms with Crippen molar-refractivity contribution in [1.29, 1.82) is 0 Å². The zero-order chi connectivity index (χ0) is 29.8. The Hall–Kier alpha value is -3.90. The lowest BCUT2D eigenvalue weighted by molar-refractivity contribution is -0.143. The van der Waals surface area contributed by atoms with Gasteiger partial charge in [0.15, 0.2) is 5.78 Å². The van der Waals surface area contributed by atoms with E-state index in [0.717, 1.165) is 54.8 Å². The number of rotatable bonds is 10. The number of carboxylic acid groups (broad SMARTS) is 1. The van der Waals surface area contributed by atoms with E-state index < -0.39 is 36.5 Å². The molecule has 0 spiro atoms. The molecule has 1 fully saturated rings. The molecule has 11 nitrogen and oxygen atoms in total. The van der Waals surface area contributed by atoms with Gasteiger partial charge < -0.3 is 36.0 Å². The van der Waals surface area contributed by atoms with Crippen LogP contribution in [0, 0.1) is 6.92 Å². The molecule has 11 heteroatoms. The number of aliphatic carboxylic acids is 1. The van der Waals surface area contributed by atoms with Gasteiger partial charge in [0, 0.05) is 43.7 Å². The van der Waals surface area contributed by atoms with E-state index in [4.69, 9.17) is 15.3 Å². The minimum Gasteiger partial charge on any atom is -0.481 e. The summed E-state index contributed by atoms with van der Waals surface area (Å²) in [5.41, 5.74) is 3.04. The molecular formula is C31H42N4O7. The second-order valence-electron chi connectivity index (χ2n) is 10.2. The number of aryl methyl sites for hydroxylation is 1. The summed E-state index contributed by atoms with van der Waals surface area (Å²) < 4.78 is 0. The van der Waals surface area contributed by atoms with E-state index in [9.17, 15) is 19.5 Å². The average molecular weight is 583 g/mol. The quantitative estimate of drug-likeness (QED) is 0.210. The monoisotopic (exact) mass is 582 g/mol. The minimum absolute atomic E-state index is 0. The Balaban J connectivity index is 0.000000483. The van der Waals surface area contributed by atoms with Crippen molar-refractivity contribution in [3.63, 3.8) is 0 Å². The molecular weight excluding hydrogens is 540 g/mol. The topological polar surface area (TPSA) is 172 Å². The van der Waals surface area contributed by atoms with Gasteiger partial charge in [-0.3, -0.25) is 14.6 Å². The number of nitrogens with zero attached hydrogens (tertiary/aromatic N) is 2. The van der Waals surface area contributed by atoms with Crippen molar-refractivity contribution in [2.45, 2.75) is 51.7 Å². The van der Waals surface area contributed by atoms with Crippen molar-refractivity contribution in [3.8, 4) is 0 Å². The number of likely N-dealkylation sites (tertiary alicyclic amines) is 1. The Bertz CT molecular complexity index is 1310. The van der Waals surface area contributed by atoms with Crippen molar-refractivity contribution in [1.82, 2.24) is 15.2 Å². The average Bonchev–Trinajstić information content (AvgIpc) is 2.94. The zero-order valence-electron chi connectivity index (χ0n) is 23.1. The highest BCUT2D eigenvalue weighted by Gasteiger charge is 2.32. The second kappa shape index (κ2) is 16.5. The fourth-order valence-corrected chi connectivity index (χ4v) is 4.64. The van der Waals surface area contributed by atoms with E-state index in [1.165, 1.54) is 5.56 Å². The van der Waals surface area contributed by atoms with Crippen LogP contribution in [-0.2, 0) is 16.0 Å². The van der Waals surface area contributed by atoms with Crippen LogP contribution in [-0.4, -0.2) is 92.6 Å². The molecule has 0 saturated carbocycles. The number of piperidine rings is 1. The van der Waals surface area contributed by atoms with E-state index in [1.807, 2.05) is 55.5 Å². The third kappa shape index (κ3) is 10.8. The van der Waals surface area contributed by atoms with Gasteiger partial charge in [-0.15, -0.1) is 0 Å². The normalized spacial score (nSPS) is 15.0. The lowest BCUT2D eigenvalue weighted by Gasteiger charge is -2.38. The summed E-state index contributed by atoms with van der Waals surface area (Å²) in [5.74, 6) is -2.14. The lowest BCUT2D eigenvalue weighted by atomic mass is 9.85. The minimum atomic E-state index is -1.58.